The van der Waals surface area contributed by atoms with Gasteiger partial charge in [-0.2, -0.15) is 0 Å². The molecule has 1 N–H and O–H groups in total. The van der Waals surface area contributed by atoms with Crippen LogP contribution in [0.5, 0.6) is 0 Å². The summed E-state index contributed by atoms with van der Waals surface area (Å²) in [5.74, 6) is 0. The summed E-state index contributed by atoms with van der Waals surface area (Å²) in [6.45, 7) is 4.18. The zero-order valence-corrected chi connectivity index (χ0v) is 14.1. The second-order valence-electron chi connectivity index (χ2n) is 6.03. The molecule has 1 saturated heterocycles. The van der Waals surface area contributed by atoms with Crippen molar-refractivity contribution >= 4 is 10.0 Å². The highest BCUT2D eigenvalue weighted by Crippen LogP contribution is 2.23. The number of nitrogens with one attached hydrogen (secondary N) is 1. The molecule has 1 aromatic carbocycles. The quantitative estimate of drug-likeness (QED) is 0.621. The second kappa shape index (κ2) is 7.72. The standard InChI is InChI=1S/C16H24N2O4S/c19-23(20,17-22-12-9-18-7-10-21-11-8-18)16-6-5-14-3-1-2-4-15(14)13-16/h5-6,13,17H,1-4,7-12H2. The minimum absolute atomic E-state index is 0.282. The minimum atomic E-state index is -3.61. The van der Waals surface area contributed by atoms with Gasteiger partial charge in [-0.3, -0.25) is 9.74 Å². The van der Waals surface area contributed by atoms with Gasteiger partial charge in [-0.25, -0.2) is 8.42 Å². The fraction of sp³-hybridized carbons (Fsp3) is 0.625. The molecule has 0 saturated carbocycles. The Balaban J connectivity index is 1.52. The molecule has 1 aliphatic heterocycles. The molecule has 0 atom stereocenters. The fourth-order valence-electron chi connectivity index (χ4n) is 3.04. The topological polar surface area (TPSA) is 67.9 Å². The number of aryl methyl sites for hydroxylation is 2. The molecule has 0 aromatic heterocycles. The number of sulfonamides is 1. The molecule has 1 heterocycles. The van der Waals surface area contributed by atoms with Crippen LogP contribution in [-0.4, -0.2) is 52.8 Å². The van der Waals surface area contributed by atoms with Crippen molar-refractivity contribution < 1.29 is 18.0 Å². The van der Waals surface area contributed by atoms with Crippen LogP contribution in [0, 0.1) is 0 Å². The van der Waals surface area contributed by atoms with Gasteiger partial charge >= 0.3 is 0 Å². The fourth-order valence-corrected chi connectivity index (χ4v) is 3.92. The normalized spacial score (nSPS) is 19.5. The molecule has 1 aromatic rings. The monoisotopic (exact) mass is 340 g/mol. The molecular formula is C16H24N2O4S. The maximum atomic E-state index is 12.3. The second-order valence-corrected chi connectivity index (χ2v) is 7.67. The van der Waals surface area contributed by atoms with Gasteiger partial charge in [0.1, 0.15) is 0 Å². The summed E-state index contributed by atoms with van der Waals surface area (Å²) < 4.78 is 29.9. The van der Waals surface area contributed by atoms with Gasteiger partial charge in [-0.05, 0) is 48.9 Å². The molecular weight excluding hydrogens is 316 g/mol. The number of nitrogens with zero attached hydrogens (tertiary/aromatic N) is 1. The molecule has 1 aliphatic carbocycles. The van der Waals surface area contributed by atoms with Crippen LogP contribution in [-0.2, 0) is 32.4 Å². The lowest BCUT2D eigenvalue weighted by molar-refractivity contribution is 0.0125. The zero-order chi connectivity index (χ0) is 16.1. The molecule has 23 heavy (non-hydrogen) atoms. The molecule has 7 heteroatoms. The highest BCUT2D eigenvalue weighted by Gasteiger charge is 2.18. The van der Waals surface area contributed by atoms with Crippen molar-refractivity contribution in [1.82, 2.24) is 9.79 Å². The van der Waals surface area contributed by atoms with E-state index in [9.17, 15) is 8.42 Å². The van der Waals surface area contributed by atoms with E-state index in [1.54, 1.807) is 12.1 Å². The van der Waals surface area contributed by atoms with Gasteiger partial charge in [0.05, 0.1) is 24.7 Å². The Bertz CT molecular complexity index is 627. The van der Waals surface area contributed by atoms with Crippen LogP contribution in [0.3, 0.4) is 0 Å². The highest BCUT2D eigenvalue weighted by atomic mass is 32.2. The van der Waals surface area contributed by atoms with Gasteiger partial charge in [-0.15, -0.1) is 0 Å². The Hall–Kier alpha value is -0.990. The van der Waals surface area contributed by atoms with Crippen molar-refractivity contribution in [3.05, 3.63) is 29.3 Å². The molecule has 0 amide bonds. The zero-order valence-electron chi connectivity index (χ0n) is 13.3. The van der Waals surface area contributed by atoms with E-state index in [2.05, 4.69) is 9.79 Å². The molecule has 0 bridgehead atoms. The van der Waals surface area contributed by atoms with Crippen molar-refractivity contribution in [1.29, 1.82) is 0 Å². The van der Waals surface area contributed by atoms with Gasteiger partial charge in [0.25, 0.3) is 10.0 Å². The van der Waals surface area contributed by atoms with Gasteiger partial charge in [0.15, 0.2) is 0 Å². The first-order valence-corrected chi connectivity index (χ1v) is 9.69. The average Bonchev–Trinajstić information content (AvgIpc) is 2.59. The van der Waals surface area contributed by atoms with Gasteiger partial charge < -0.3 is 4.74 Å². The molecule has 6 nitrogen and oxygen atoms in total. The lowest BCUT2D eigenvalue weighted by Crippen LogP contribution is -2.39. The molecule has 0 unspecified atom stereocenters. The molecule has 3 rings (SSSR count). The lowest BCUT2D eigenvalue weighted by Gasteiger charge is -2.26. The summed E-state index contributed by atoms with van der Waals surface area (Å²) >= 11 is 0. The Morgan fingerprint density at radius 2 is 1.87 bits per heavy atom. The number of rotatable bonds is 6. The maximum absolute atomic E-state index is 12.3. The first kappa shape index (κ1) is 16.9. The SMILES string of the molecule is O=S(=O)(NOCCN1CCOCC1)c1ccc2c(c1)CCCC2. The third-order valence-electron chi connectivity index (χ3n) is 4.41. The number of hydrogen-bond donors (Lipinski definition) is 1. The molecule has 0 spiro atoms. The van der Waals surface area contributed by atoms with E-state index in [0.29, 0.717) is 13.2 Å². The van der Waals surface area contributed by atoms with Crippen LogP contribution in [0.4, 0.5) is 0 Å². The summed E-state index contributed by atoms with van der Waals surface area (Å²) in [7, 11) is -3.61. The summed E-state index contributed by atoms with van der Waals surface area (Å²) in [5, 5.41) is 0. The van der Waals surface area contributed by atoms with E-state index < -0.39 is 10.0 Å². The van der Waals surface area contributed by atoms with E-state index >= 15 is 0 Å². The summed E-state index contributed by atoms with van der Waals surface area (Å²) in [4.78, 5) is 9.89. The molecule has 0 radical (unpaired) electrons. The van der Waals surface area contributed by atoms with Crippen molar-refractivity contribution in [2.45, 2.75) is 30.6 Å². The first-order chi connectivity index (χ1) is 11.1. The summed E-state index contributed by atoms with van der Waals surface area (Å²) in [5.41, 5.74) is 2.41. The maximum Gasteiger partial charge on any atom is 0.262 e. The minimum Gasteiger partial charge on any atom is -0.379 e. The van der Waals surface area contributed by atoms with Crippen LogP contribution < -0.4 is 4.89 Å². The molecule has 1 fully saturated rings. The van der Waals surface area contributed by atoms with Crippen molar-refractivity contribution in [2.75, 3.05) is 39.5 Å². The largest absolute Gasteiger partial charge is 0.379 e. The number of benzene rings is 1. The molecule has 128 valence electrons. The number of ether oxygens (including phenoxy) is 1. The van der Waals surface area contributed by atoms with E-state index in [0.717, 1.165) is 51.1 Å². The van der Waals surface area contributed by atoms with Gasteiger partial charge in [0.2, 0.25) is 0 Å². The number of morpholine rings is 1. The van der Waals surface area contributed by atoms with Crippen LogP contribution in [0.2, 0.25) is 0 Å². The Kier molecular flexibility index (Phi) is 5.66. The number of hydrogen-bond acceptors (Lipinski definition) is 5. The summed E-state index contributed by atoms with van der Waals surface area (Å²) in [6.07, 6.45) is 4.30. The smallest absolute Gasteiger partial charge is 0.262 e. The Morgan fingerprint density at radius 3 is 2.65 bits per heavy atom. The van der Waals surface area contributed by atoms with E-state index in [1.807, 2.05) is 6.07 Å². The summed E-state index contributed by atoms with van der Waals surface area (Å²) in [6, 6.07) is 5.37. The third kappa shape index (κ3) is 4.51. The average molecular weight is 340 g/mol. The molecule has 2 aliphatic rings. The van der Waals surface area contributed by atoms with Crippen molar-refractivity contribution in [3.8, 4) is 0 Å². The van der Waals surface area contributed by atoms with Crippen LogP contribution in [0.1, 0.15) is 24.0 Å². The lowest BCUT2D eigenvalue weighted by atomic mass is 9.92. The van der Waals surface area contributed by atoms with E-state index in [-0.39, 0.29) is 4.90 Å². The third-order valence-corrected chi connectivity index (χ3v) is 5.62. The van der Waals surface area contributed by atoms with Crippen molar-refractivity contribution in [2.24, 2.45) is 0 Å². The van der Waals surface area contributed by atoms with Gasteiger partial charge in [0, 0.05) is 19.6 Å². The van der Waals surface area contributed by atoms with Crippen LogP contribution >= 0.6 is 0 Å². The first-order valence-electron chi connectivity index (χ1n) is 8.21. The van der Waals surface area contributed by atoms with Crippen LogP contribution in [0.25, 0.3) is 0 Å². The van der Waals surface area contributed by atoms with E-state index in [1.165, 1.54) is 12.0 Å². The Morgan fingerprint density at radius 1 is 1.13 bits per heavy atom. The van der Waals surface area contributed by atoms with Crippen LogP contribution in [0.15, 0.2) is 23.1 Å². The number of fused-ring (bicyclic) bond motifs is 1. The van der Waals surface area contributed by atoms with Crippen molar-refractivity contribution in [3.63, 3.8) is 0 Å². The van der Waals surface area contributed by atoms with Gasteiger partial charge in [-0.1, -0.05) is 11.0 Å². The Labute approximate surface area is 137 Å². The van der Waals surface area contributed by atoms with E-state index in [4.69, 9.17) is 9.57 Å². The predicted molar refractivity (Wildman–Crippen MR) is 86.6 cm³/mol. The highest BCUT2D eigenvalue weighted by molar-refractivity contribution is 7.89. The predicted octanol–water partition coefficient (Wildman–Crippen LogP) is 1.11.